The molecule has 0 bridgehead atoms. The van der Waals surface area contributed by atoms with E-state index >= 15 is 0 Å². The van der Waals surface area contributed by atoms with Gasteiger partial charge in [-0.05, 0) is 82.8 Å². The molecule has 0 unspecified atom stereocenters. The molecule has 0 amide bonds. The number of aliphatic hydroxyl groups is 3. The van der Waals surface area contributed by atoms with Crippen molar-refractivity contribution in [3.63, 3.8) is 0 Å². The van der Waals surface area contributed by atoms with Crippen molar-refractivity contribution >= 4 is 29.7 Å². The lowest BCUT2D eigenvalue weighted by molar-refractivity contribution is -0.329. The van der Waals surface area contributed by atoms with Crippen molar-refractivity contribution in [3.8, 4) is 0 Å². The van der Waals surface area contributed by atoms with Crippen molar-refractivity contribution < 1.29 is 67.7 Å². The molecule has 11 atom stereocenters. The normalized spacial score (nSPS) is 32.3. The van der Waals surface area contributed by atoms with Crippen LogP contribution in [0.5, 0.6) is 0 Å². The predicted octanol–water partition coefficient (Wildman–Crippen LogP) is 5.38. The van der Waals surface area contributed by atoms with E-state index in [9.17, 15) is 39.3 Å². The maximum absolute atomic E-state index is 12.8. The average Bonchev–Trinajstić information content (AvgIpc) is 3.10. The Kier molecular flexibility index (Phi) is 17.1. The van der Waals surface area contributed by atoms with Crippen LogP contribution in [0.1, 0.15) is 128 Å². The number of hydrogen-bond acceptors (Lipinski definition) is 14. The zero-order valence-corrected chi connectivity index (χ0v) is 36.5. The lowest BCUT2D eigenvalue weighted by atomic mass is 9.58. The molecule has 3 rings (SSSR count). The van der Waals surface area contributed by atoms with Crippen LogP contribution in [-0.4, -0.2) is 106 Å². The highest BCUT2D eigenvalue weighted by molar-refractivity contribution is 5.87. The van der Waals surface area contributed by atoms with Crippen LogP contribution >= 0.6 is 0 Å². The summed E-state index contributed by atoms with van der Waals surface area (Å²) >= 11 is 0. The number of hydrogen-bond donors (Lipinski definition) is 3. The van der Waals surface area contributed by atoms with Crippen molar-refractivity contribution in [2.24, 2.45) is 22.7 Å². The first-order valence-corrected chi connectivity index (χ1v) is 20.4. The Morgan fingerprint density at radius 2 is 1.57 bits per heavy atom. The fourth-order valence-corrected chi connectivity index (χ4v) is 9.19. The Hall–Kier alpha value is -3.43. The molecule has 0 aromatic carbocycles. The number of rotatable bonds is 16. The summed E-state index contributed by atoms with van der Waals surface area (Å²) < 4.78 is 35.2. The second-order valence-electron chi connectivity index (χ2n) is 17.8. The minimum absolute atomic E-state index is 0.125. The van der Waals surface area contributed by atoms with Gasteiger partial charge in [0.05, 0.1) is 12.7 Å². The van der Waals surface area contributed by atoms with Crippen LogP contribution in [0.4, 0.5) is 0 Å². The van der Waals surface area contributed by atoms with E-state index in [0.717, 1.165) is 11.1 Å². The lowest BCUT2D eigenvalue weighted by Gasteiger charge is -2.54. The number of esters is 4. The van der Waals surface area contributed by atoms with Crippen LogP contribution in [0.2, 0.25) is 0 Å². The molecule has 14 heteroatoms. The van der Waals surface area contributed by atoms with Crippen LogP contribution in [0.15, 0.2) is 34.9 Å². The monoisotopic (exact) mass is 820 g/mol. The molecule has 0 aromatic rings. The van der Waals surface area contributed by atoms with Gasteiger partial charge in [0.1, 0.15) is 41.9 Å². The number of Topliss-reactive ketones (excluding diaryl/α,β-unsaturated/α-hetero) is 1. The summed E-state index contributed by atoms with van der Waals surface area (Å²) in [5.41, 5.74) is 0.558. The summed E-state index contributed by atoms with van der Waals surface area (Å²) in [5, 5.41) is 31.1. The highest BCUT2D eigenvalue weighted by Crippen LogP contribution is 2.52. The van der Waals surface area contributed by atoms with Crippen LogP contribution in [-0.2, 0) is 52.4 Å². The molecule has 0 spiro atoms. The van der Waals surface area contributed by atoms with Crippen LogP contribution in [0, 0.1) is 22.7 Å². The summed E-state index contributed by atoms with van der Waals surface area (Å²) in [6.07, 6.45) is 0.0425. The van der Waals surface area contributed by atoms with Crippen LogP contribution in [0.3, 0.4) is 0 Å². The first-order valence-electron chi connectivity index (χ1n) is 20.4. The lowest BCUT2D eigenvalue weighted by Crippen LogP contribution is -2.63. The highest BCUT2D eigenvalue weighted by atomic mass is 16.7. The molecular weight excluding hydrogens is 752 g/mol. The second kappa shape index (κ2) is 20.2. The van der Waals surface area contributed by atoms with Gasteiger partial charge in [0, 0.05) is 51.9 Å². The fourth-order valence-electron chi connectivity index (χ4n) is 9.19. The maximum Gasteiger partial charge on any atom is 0.303 e. The van der Waals surface area contributed by atoms with E-state index in [1.165, 1.54) is 27.7 Å². The molecule has 58 heavy (non-hydrogen) atoms. The van der Waals surface area contributed by atoms with Crippen molar-refractivity contribution in [2.45, 2.75) is 183 Å². The van der Waals surface area contributed by atoms with Gasteiger partial charge in [0.25, 0.3) is 0 Å². The van der Waals surface area contributed by atoms with Gasteiger partial charge >= 0.3 is 23.9 Å². The Morgan fingerprint density at radius 3 is 2.14 bits per heavy atom. The Morgan fingerprint density at radius 1 is 0.931 bits per heavy atom. The summed E-state index contributed by atoms with van der Waals surface area (Å²) in [5.74, 6) is -2.35. The molecule has 1 saturated heterocycles. The molecule has 1 heterocycles. The molecule has 2 fully saturated rings. The Balaban J connectivity index is 1.86. The summed E-state index contributed by atoms with van der Waals surface area (Å²) in [7, 11) is 0. The standard InChI is InChI=1S/C44H68O14/c1-24(13-16-31(53-27(4)46)21-26(3)33(54-28(5)47)22-32-25(2)15-18-36(50)42(32,8)9)14-17-35-43(10,11)37(19-20-44(35,12)58-30(7)49)57-41-40(55-29(6)48)39(52)38(51)34(23-45)56-41/h13,15,21,31-35,37-41,45,51-52H,14,16-20,22-23H2,1-12H3/b24-13+,26-21+/t31-,32+,33-,34+,35-,37+,38+,39-,40+,41-,44+/m0/s1. The number of aliphatic hydroxyl groups excluding tert-OH is 3. The Bertz CT molecular complexity index is 1590. The zero-order chi connectivity index (χ0) is 43.9. The minimum atomic E-state index is -1.57. The second-order valence-corrected chi connectivity index (χ2v) is 17.8. The van der Waals surface area contributed by atoms with E-state index in [1.54, 1.807) is 6.08 Å². The van der Waals surface area contributed by atoms with Crippen molar-refractivity contribution in [1.82, 2.24) is 0 Å². The number of allylic oxidation sites excluding steroid dienone is 3. The van der Waals surface area contributed by atoms with Crippen molar-refractivity contribution in [2.75, 3.05) is 6.61 Å². The van der Waals surface area contributed by atoms with E-state index in [2.05, 4.69) is 0 Å². The van der Waals surface area contributed by atoms with Crippen LogP contribution < -0.4 is 0 Å². The molecular formula is C44H68O14. The number of carbonyl (C=O) groups excluding carboxylic acids is 5. The SMILES string of the molecule is CC(=O)O[C@H]1[C@H](O[C@@H]2CC[C@@](C)(OC(C)=O)[C@@H](CC/C(C)=C/C[C@@H](/C=C(\C)[C@H](C[C@@H]3C(C)=CCC(=O)C3(C)C)OC(C)=O)OC(C)=O)C2(C)C)O[C@H](CO)[C@@H](O)[C@@H]1O. The summed E-state index contributed by atoms with van der Waals surface area (Å²) in [4.78, 5) is 61.7. The molecule has 328 valence electrons. The van der Waals surface area contributed by atoms with Gasteiger partial charge in [-0.25, -0.2) is 0 Å². The molecule has 0 aromatic heterocycles. The largest absolute Gasteiger partial charge is 0.459 e. The third kappa shape index (κ3) is 12.3. The molecule has 14 nitrogen and oxygen atoms in total. The van der Waals surface area contributed by atoms with Gasteiger partial charge in [-0.1, -0.05) is 51.0 Å². The molecule has 3 N–H and O–H groups in total. The van der Waals surface area contributed by atoms with Gasteiger partial charge in [0.2, 0.25) is 0 Å². The average molecular weight is 821 g/mol. The van der Waals surface area contributed by atoms with E-state index < -0.39 is 95.9 Å². The van der Waals surface area contributed by atoms with Gasteiger partial charge in [0.15, 0.2) is 12.4 Å². The maximum atomic E-state index is 12.8. The molecule has 2 aliphatic carbocycles. The number of ketones is 1. The van der Waals surface area contributed by atoms with E-state index in [4.69, 9.17) is 28.4 Å². The minimum Gasteiger partial charge on any atom is -0.459 e. The van der Waals surface area contributed by atoms with Crippen molar-refractivity contribution in [3.05, 3.63) is 34.9 Å². The van der Waals surface area contributed by atoms with E-state index in [0.29, 0.717) is 50.5 Å². The molecule has 0 radical (unpaired) electrons. The number of carbonyl (C=O) groups is 5. The fraction of sp³-hybridized carbons (Fsp3) is 0.750. The third-order valence-corrected chi connectivity index (χ3v) is 12.5. The summed E-state index contributed by atoms with van der Waals surface area (Å²) in [6, 6.07) is 0. The Labute approximate surface area is 343 Å². The van der Waals surface area contributed by atoms with E-state index in [1.807, 2.05) is 67.5 Å². The molecule has 3 aliphatic rings. The quantitative estimate of drug-likeness (QED) is 0.102. The third-order valence-electron chi connectivity index (χ3n) is 12.5. The van der Waals surface area contributed by atoms with Gasteiger partial charge in [-0.15, -0.1) is 0 Å². The predicted molar refractivity (Wildman–Crippen MR) is 213 cm³/mol. The molecule has 1 saturated carbocycles. The first-order chi connectivity index (χ1) is 26.8. The molecule has 1 aliphatic heterocycles. The number of ether oxygens (including phenoxy) is 6. The van der Waals surface area contributed by atoms with Crippen molar-refractivity contribution in [1.29, 1.82) is 0 Å². The van der Waals surface area contributed by atoms with E-state index in [-0.39, 0.29) is 17.6 Å². The smallest absolute Gasteiger partial charge is 0.303 e. The van der Waals surface area contributed by atoms with Gasteiger partial charge in [-0.2, -0.15) is 0 Å². The summed E-state index contributed by atoms with van der Waals surface area (Å²) in [6.45, 7) is 20.1. The van der Waals surface area contributed by atoms with Crippen LogP contribution in [0.25, 0.3) is 0 Å². The topological polar surface area (TPSA) is 201 Å². The first kappa shape index (κ1) is 48.9. The zero-order valence-electron chi connectivity index (χ0n) is 36.5. The highest BCUT2D eigenvalue weighted by Gasteiger charge is 2.56. The van der Waals surface area contributed by atoms with Gasteiger partial charge in [-0.3, -0.25) is 24.0 Å². The van der Waals surface area contributed by atoms with Gasteiger partial charge < -0.3 is 43.7 Å².